The number of nitrogens with zero attached hydrogens (tertiary/aromatic N) is 2. The highest BCUT2D eigenvalue weighted by atomic mass is 16.5. The van der Waals surface area contributed by atoms with Crippen molar-refractivity contribution in [2.45, 2.75) is 25.9 Å². The van der Waals surface area contributed by atoms with Crippen molar-refractivity contribution in [2.24, 2.45) is 4.99 Å². The lowest BCUT2D eigenvalue weighted by Crippen LogP contribution is -2.51. The van der Waals surface area contributed by atoms with E-state index in [1.54, 1.807) is 0 Å². The Labute approximate surface area is 108 Å². The highest BCUT2D eigenvalue weighted by Gasteiger charge is 2.26. The van der Waals surface area contributed by atoms with E-state index >= 15 is 0 Å². The highest BCUT2D eigenvalue weighted by Crippen LogP contribution is 2.22. The number of guanidine groups is 1. The van der Waals surface area contributed by atoms with Gasteiger partial charge in [-0.1, -0.05) is 25.1 Å². The Morgan fingerprint density at radius 2 is 2.33 bits per heavy atom. The SMILES string of the molecule is CCC1COCCN1C1=NCc2ccccc2N1. The van der Waals surface area contributed by atoms with Crippen molar-refractivity contribution < 1.29 is 4.74 Å². The van der Waals surface area contributed by atoms with Crippen molar-refractivity contribution >= 4 is 11.6 Å². The summed E-state index contributed by atoms with van der Waals surface area (Å²) in [6, 6.07) is 8.80. The van der Waals surface area contributed by atoms with Crippen LogP contribution < -0.4 is 5.32 Å². The highest BCUT2D eigenvalue weighted by molar-refractivity contribution is 5.96. The molecule has 1 saturated heterocycles. The fraction of sp³-hybridized carbons (Fsp3) is 0.500. The molecule has 2 heterocycles. The quantitative estimate of drug-likeness (QED) is 0.823. The predicted octanol–water partition coefficient (Wildman–Crippen LogP) is 2.08. The molecule has 1 aromatic rings. The van der Waals surface area contributed by atoms with Crippen molar-refractivity contribution in [3.8, 4) is 0 Å². The molecule has 1 fully saturated rings. The molecule has 0 amide bonds. The monoisotopic (exact) mass is 245 g/mol. The molecule has 0 spiro atoms. The molecular weight excluding hydrogens is 226 g/mol. The van der Waals surface area contributed by atoms with Gasteiger partial charge < -0.3 is 15.0 Å². The molecule has 1 N–H and O–H groups in total. The summed E-state index contributed by atoms with van der Waals surface area (Å²) >= 11 is 0. The Kier molecular flexibility index (Phi) is 3.19. The number of morpholine rings is 1. The maximum Gasteiger partial charge on any atom is 0.199 e. The van der Waals surface area contributed by atoms with E-state index in [0.29, 0.717) is 6.04 Å². The summed E-state index contributed by atoms with van der Waals surface area (Å²) < 4.78 is 5.54. The van der Waals surface area contributed by atoms with Crippen LogP contribution in [0, 0.1) is 0 Å². The number of nitrogens with one attached hydrogen (secondary N) is 1. The number of fused-ring (bicyclic) bond motifs is 1. The third-order valence-electron chi connectivity index (χ3n) is 3.63. The summed E-state index contributed by atoms with van der Waals surface area (Å²) in [6.07, 6.45) is 1.09. The average molecular weight is 245 g/mol. The van der Waals surface area contributed by atoms with E-state index in [2.05, 4.69) is 46.4 Å². The van der Waals surface area contributed by atoms with E-state index in [0.717, 1.165) is 38.7 Å². The summed E-state index contributed by atoms with van der Waals surface area (Å²) in [5.41, 5.74) is 2.45. The molecule has 4 heteroatoms. The lowest BCUT2D eigenvalue weighted by atomic mass is 10.1. The van der Waals surface area contributed by atoms with E-state index in [1.165, 1.54) is 11.3 Å². The number of aliphatic imine (C=N–C) groups is 1. The van der Waals surface area contributed by atoms with E-state index in [4.69, 9.17) is 4.74 Å². The van der Waals surface area contributed by atoms with Gasteiger partial charge in [0.25, 0.3) is 0 Å². The Morgan fingerprint density at radius 1 is 1.44 bits per heavy atom. The van der Waals surface area contributed by atoms with E-state index in [1.807, 2.05) is 0 Å². The summed E-state index contributed by atoms with van der Waals surface area (Å²) in [5.74, 6) is 1.00. The third kappa shape index (κ3) is 2.08. The summed E-state index contributed by atoms with van der Waals surface area (Å²) in [6.45, 7) is 5.49. The van der Waals surface area contributed by atoms with Crippen molar-refractivity contribution in [1.29, 1.82) is 0 Å². The zero-order chi connectivity index (χ0) is 12.4. The van der Waals surface area contributed by atoms with E-state index < -0.39 is 0 Å². The van der Waals surface area contributed by atoms with Crippen molar-refractivity contribution in [1.82, 2.24) is 4.90 Å². The predicted molar refractivity (Wildman–Crippen MR) is 72.8 cm³/mol. The van der Waals surface area contributed by atoms with Crippen LogP contribution in [0.3, 0.4) is 0 Å². The lowest BCUT2D eigenvalue weighted by Gasteiger charge is -2.38. The van der Waals surface area contributed by atoms with Crippen molar-refractivity contribution in [3.05, 3.63) is 29.8 Å². The summed E-state index contributed by atoms with van der Waals surface area (Å²) in [5, 5.41) is 3.45. The zero-order valence-electron chi connectivity index (χ0n) is 10.7. The maximum atomic E-state index is 5.54. The fourth-order valence-corrected chi connectivity index (χ4v) is 2.53. The van der Waals surface area contributed by atoms with Gasteiger partial charge in [0.2, 0.25) is 0 Å². The molecule has 4 nitrogen and oxygen atoms in total. The second-order valence-corrected chi connectivity index (χ2v) is 4.75. The van der Waals surface area contributed by atoms with Gasteiger partial charge in [-0.25, -0.2) is 4.99 Å². The smallest absolute Gasteiger partial charge is 0.199 e. The molecule has 2 aliphatic rings. The standard InChI is InChI=1S/C14H19N3O/c1-2-12-10-18-8-7-17(12)14-15-9-11-5-3-4-6-13(11)16-14/h3-6,12H,2,7-10H2,1H3,(H,15,16). The Morgan fingerprint density at radius 3 is 3.22 bits per heavy atom. The van der Waals surface area contributed by atoms with Crippen LogP contribution in [0.25, 0.3) is 0 Å². The topological polar surface area (TPSA) is 36.9 Å². The van der Waals surface area contributed by atoms with Gasteiger partial charge in [-0.3, -0.25) is 0 Å². The number of anilines is 1. The van der Waals surface area contributed by atoms with E-state index in [-0.39, 0.29) is 0 Å². The van der Waals surface area contributed by atoms with Gasteiger partial charge in [0.05, 0.1) is 25.8 Å². The number of rotatable bonds is 1. The molecule has 2 aliphatic heterocycles. The first-order valence-electron chi connectivity index (χ1n) is 6.62. The van der Waals surface area contributed by atoms with Gasteiger partial charge in [0.1, 0.15) is 0 Å². The molecule has 0 aromatic heterocycles. The third-order valence-corrected chi connectivity index (χ3v) is 3.63. The molecule has 0 saturated carbocycles. The van der Waals surface area contributed by atoms with Crippen LogP contribution in [0.1, 0.15) is 18.9 Å². The first-order valence-corrected chi connectivity index (χ1v) is 6.62. The van der Waals surface area contributed by atoms with Crippen LogP contribution in [0.2, 0.25) is 0 Å². The molecular formula is C14H19N3O. The molecule has 96 valence electrons. The number of benzene rings is 1. The Hall–Kier alpha value is -1.55. The molecule has 1 atom stereocenters. The minimum absolute atomic E-state index is 0.440. The van der Waals surface area contributed by atoms with Gasteiger partial charge in [0.15, 0.2) is 5.96 Å². The second-order valence-electron chi connectivity index (χ2n) is 4.75. The molecule has 1 aromatic carbocycles. The molecule has 0 aliphatic carbocycles. The first kappa shape index (κ1) is 11.5. The number of ether oxygens (including phenoxy) is 1. The lowest BCUT2D eigenvalue weighted by molar-refractivity contribution is 0.0250. The molecule has 3 rings (SSSR count). The molecule has 1 unspecified atom stereocenters. The second kappa shape index (κ2) is 4.98. The minimum atomic E-state index is 0.440. The van der Waals surface area contributed by atoms with Gasteiger partial charge in [-0.2, -0.15) is 0 Å². The average Bonchev–Trinajstić information content (AvgIpc) is 2.46. The summed E-state index contributed by atoms with van der Waals surface area (Å²) in [7, 11) is 0. The number of para-hydroxylation sites is 1. The molecule has 0 bridgehead atoms. The molecule has 0 radical (unpaired) electrons. The van der Waals surface area contributed by atoms with Gasteiger partial charge in [0, 0.05) is 12.2 Å². The largest absolute Gasteiger partial charge is 0.377 e. The summed E-state index contributed by atoms with van der Waals surface area (Å²) in [4.78, 5) is 7.02. The van der Waals surface area contributed by atoms with Crippen molar-refractivity contribution in [3.63, 3.8) is 0 Å². The fourth-order valence-electron chi connectivity index (χ4n) is 2.53. The first-order chi connectivity index (χ1) is 8.88. The van der Waals surface area contributed by atoms with Crippen molar-refractivity contribution in [2.75, 3.05) is 25.1 Å². The minimum Gasteiger partial charge on any atom is -0.377 e. The number of hydrogen-bond acceptors (Lipinski definition) is 4. The zero-order valence-corrected chi connectivity index (χ0v) is 10.7. The van der Waals surface area contributed by atoms with Crippen LogP contribution in [0.15, 0.2) is 29.3 Å². The maximum absolute atomic E-state index is 5.54. The molecule has 18 heavy (non-hydrogen) atoms. The Balaban J connectivity index is 1.80. The van der Waals surface area contributed by atoms with Gasteiger partial charge in [-0.15, -0.1) is 0 Å². The van der Waals surface area contributed by atoms with Gasteiger partial charge in [-0.05, 0) is 18.1 Å². The van der Waals surface area contributed by atoms with Crippen LogP contribution >= 0.6 is 0 Å². The van der Waals surface area contributed by atoms with Crippen LogP contribution in [-0.2, 0) is 11.3 Å². The van der Waals surface area contributed by atoms with Crippen LogP contribution in [0.5, 0.6) is 0 Å². The number of hydrogen-bond donors (Lipinski definition) is 1. The Bertz CT molecular complexity index is 458. The van der Waals surface area contributed by atoms with Crippen LogP contribution in [-0.4, -0.2) is 36.7 Å². The van der Waals surface area contributed by atoms with E-state index in [9.17, 15) is 0 Å². The van der Waals surface area contributed by atoms with Gasteiger partial charge >= 0.3 is 0 Å². The van der Waals surface area contributed by atoms with Crippen LogP contribution in [0.4, 0.5) is 5.69 Å². The normalized spacial score (nSPS) is 23.1.